The van der Waals surface area contributed by atoms with Gasteiger partial charge in [-0.25, -0.2) is 4.79 Å². The van der Waals surface area contributed by atoms with Crippen LogP contribution in [-0.4, -0.2) is 51.1 Å². The van der Waals surface area contributed by atoms with Gasteiger partial charge in [0.2, 0.25) is 5.91 Å². The van der Waals surface area contributed by atoms with E-state index in [0.717, 1.165) is 19.3 Å². The van der Waals surface area contributed by atoms with Crippen LogP contribution < -0.4 is 5.73 Å². The molecule has 7 heteroatoms. The van der Waals surface area contributed by atoms with Gasteiger partial charge in [0.05, 0.1) is 12.5 Å². The third-order valence-corrected chi connectivity index (χ3v) is 3.60. The van der Waals surface area contributed by atoms with Gasteiger partial charge in [-0.15, -0.1) is 0 Å². The maximum atomic E-state index is 12.2. The molecule has 1 aliphatic rings. The fraction of sp³-hybridized carbons (Fsp3) is 0.769. The predicted octanol–water partition coefficient (Wildman–Crippen LogP) is 0.423. The number of hydrogen-bond donors (Lipinski definition) is 3. The molecule has 0 bridgehead atoms. The summed E-state index contributed by atoms with van der Waals surface area (Å²) in [4.78, 5) is 35.6. The molecular formula is C13H22N2O5. The maximum absolute atomic E-state index is 12.2. The summed E-state index contributed by atoms with van der Waals surface area (Å²) in [7, 11) is 0. The number of nitrogens with two attached hydrogens (primary N) is 1. The lowest BCUT2D eigenvalue weighted by Gasteiger charge is -2.38. The summed E-state index contributed by atoms with van der Waals surface area (Å²) >= 11 is 0. The van der Waals surface area contributed by atoms with Gasteiger partial charge in [0.15, 0.2) is 0 Å². The zero-order valence-corrected chi connectivity index (χ0v) is 11.6. The van der Waals surface area contributed by atoms with Crippen LogP contribution >= 0.6 is 0 Å². The molecule has 1 amide bonds. The molecule has 0 aliphatic heterocycles. The van der Waals surface area contributed by atoms with Crippen LogP contribution in [0.1, 0.15) is 45.4 Å². The van der Waals surface area contributed by atoms with Crippen LogP contribution in [-0.2, 0) is 14.4 Å². The molecule has 0 radical (unpaired) electrons. The number of carboxylic acids is 2. The number of amides is 1. The molecule has 1 rings (SSSR count). The highest BCUT2D eigenvalue weighted by Gasteiger charge is 2.37. The van der Waals surface area contributed by atoms with Crippen molar-refractivity contribution in [3.05, 3.63) is 0 Å². The van der Waals surface area contributed by atoms with Crippen LogP contribution in [0.4, 0.5) is 0 Å². The normalized spacial score (nSPS) is 19.1. The van der Waals surface area contributed by atoms with Gasteiger partial charge in [0.25, 0.3) is 0 Å². The smallest absolute Gasteiger partial charge is 0.327 e. The van der Waals surface area contributed by atoms with Crippen molar-refractivity contribution < 1.29 is 24.6 Å². The van der Waals surface area contributed by atoms with Crippen LogP contribution in [0.25, 0.3) is 0 Å². The largest absolute Gasteiger partial charge is 0.481 e. The van der Waals surface area contributed by atoms with E-state index in [1.54, 1.807) is 0 Å². The third kappa shape index (κ3) is 4.19. The molecule has 0 heterocycles. The van der Waals surface area contributed by atoms with E-state index in [-0.39, 0.29) is 6.04 Å². The van der Waals surface area contributed by atoms with Gasteiger partial charge in [-0.1, -0.05) is 19.3 Å². The molecule has 1 fully saturated rings. The minimum absolute atomic E-state index is 0.234. The third-order valence-electron chi connectivity index (χ3n) is 3.60. The van der Waals surface area contributed by atoms with Crippen molar-refractivity contribution in [2.45, 2.75) is 63.6 Å². The van der Waals surface area contributed by atoms with E-state index < -0.39 is 36.4 Å². The van der Waals surface area contributed by atoms with Gasteiger partial charge in [-0.3, -0.25) is 9.59 Å². The van der Waals surface area contributed by atoms with Crippen LogP contribution in [0, 0.1) is 0 Å². The Hall–Kier alpha value is -1.63. The van der Waals surface area contributed by atoms with Crippen molar-refractivity contribution in [1.29, 1.82) is 0 Å². The molecule has 114 valence electrons. The van der Waals surface area contributed by atoms with Crippen LogP contribution in [0.15, 0.2) is 0 Å². The van der Waals surface area contributed by atoms with E-state index in [1.807, 2.05) is 0 Å². The summed E-state index contributed by atoms with van der Waals surface area (Å²) in [5.41, 5.74) is 5.58. The van der Waals surface area contributed by atoms with E-state index in [2.05, 4.69) is 0 Å². The number of carbonyl (C=O) groups is 3. The van der Waals surface area contributed by atoms with E-state index in [4.69, 9.17) is 10.8 Å². The lowest BCUT2D eigenvalue weighted by Crippen LogP contribution is -2.56. The molecule has 1 saturated carbocycles. The Labute approximate surface area is 117 Å². The van der Waals surface area contributed by atoms with Crippen molar-refractivity contribution in [2.75, 3.05) is 0 Å². The highest BCUT2D eigenvalue weighted by Crippen LogP contribution is 2.26. The van der Waals surface area contributed by atoms with Gasteiger partial charge in [-0.2, -0.15) is 0 Å². The van der Waals surface area contributed by atoms with Crippen molar-refractivity contribution in [2.24, 2.45) is 5.73 Å². The van der Waals surface area contributed by atoms with Crippen molar-refractivity contribution in [3.63, 3.8) is 0 Å². The molecular weight excluding hydrogens is 264 g/mol. The van der Waals surface area contributed by atoms with E-state index >= 15 is 0 Å². The molecule has 0 saturated heterocycles. The minimum Gasteiger partial charge on any atom is -0.481 e. The topological polar surface area (TPSA) is 121 Å². The summed E-state index contributed by atoms with van der Waals surface area (Å²) in [6.07, 6.45) is 3.65. The average Bonchev–Trinajstić information content (AvgIpc) is 2.38. The first-order valence-corrected chi connectivity index (χ1v) is 6.87. The summed E-state index contributed by atoms with van der Waals surface area (Å²) in [6, 6.07) is -2.43. The first-order chi connectivity index (χ1) is 9.34. The lowest BCUT2D eigenvalue weighted by molar-refractivity contribution is -0.157. The Morgan fingerprint density at radius 1 is 1.20 bits per heavy atom. The Morgan fingerprint density at radius 3 is 2.15 bits per heavy atom. The first kappa shape index (κ1) is 16.4. The highest BCUT2D eigenvalue weighted by molar-refractivity contribution is 5.89. The van der Waals surface area contributed by atoms with Gasteiger partial charge >= 0.3 is 11.9 Å². The Bertz CT molecular complexity index is 377. The number of rotatable bonds is 6. The quantitative estimate of drug-likeness (QED) is 0.650. The van der Waals surface area contributed by atoms with Crippen LogP contribution in [0.2, 0.25) is 0 Å². The second kappa shape index (κ2) is 7.23. The molecule has 7 nitrogen and oxygen atoms in total. The molecule has 0 aromatic rings. The first-order valence-electron chi connectivity index (χ1n) is 6.87. The summed E-state index contributed by atoms with van der Waals surface area (Å²) in [5, 5.41) is 18.1. The Morgan fingerprint density at radius 2 is 1.75 bits per heavy atom. The molecule has 0 unspecified atom stereocenters. The Balaban J connectivity index is 3.02. The number of hydrogen-bond acceptors (Lipinski definition) is 4. The number of carboxylic acid groups (broad SMARTS) is 2. The molecule has 20 heavy (non-hydrogen) atoms. The summed E-state index contributed by atoms with van der Waals surface area (Å²) < 4.78 is 0. The minimum atomic E-state index is -1.35. The molecule has 0 aromatic carbocycles. The second-order valence-corrected chi connectivity index (χ2v) is 5.28. The number of carbonyl (C=O) groups excluding carboxylic acids is 1. The zero-order valence-electron chi connectivity index (χ0n) is 11.6. The van der Waals surface area contributed by atoms with Crippen molar-refractivity contribution in [3.8, 4) is 0 Å². The van der Waals surface area contributed by atoms with Crippen LogP contribution in [0.5, 0.6) is 0 Å². The fourth-order valence-corrected chi connectivity index (χ4v) is 2.65. The molecule has 2 atom stereocenters. The SMILES string of the molecule is C[C@H](N)C(=O)N(C1CCCCC1)[C@@H](CC(=O)O)C(=O)O. The standard InChI is InChI=1S/C13H22N2O5/c1-8(14)12(18)15(9-5-3-2-4-6-9)10(13(19)20)7-11(16)17/h8-10H,2-7,14H2,1H3,(H,16,17)(H,19,20)/t8-,10-/m0/s1. The maximum Gasteiger partial charge on any atom is 0.327 e. The summed E-state index contributed by atoms with van der Waals surface area (Å²) in [6.45, 7) is 1.48. The molecule has 4 N–H and O–H groups in total. The zero-order chi connectivity index (χ0) is 15.3. The van der Waals surface area contributed by atoms with E-state index in [1.165, 1.54) is 11.8 Å². The molecule has 1 aliphatic carbocycles. The predicted molar refractivity (Wildman–Crippen MR) is 71.0 cm³/mol. The van der Waals surface area contributed by atoms with Gasteiger partial charge < -0.3 is 20.8 Å². The van der Waals surface area contributed by atoms with E-state index in [9.17, 15) is 19.5 Å². The van der Waals surface area contributed by atoms with Gasteiger partial charge in [-0.05, 0) is 19.8 Å². The second-order valence-electron chi connectivity index (χ2n) is 5.28. The lowest BCUT2D eigenvalue weighted by atomic mass is 9.92. The Kier molecular flexibility index (Phi) is 5.94. The van der Waals surface area contributed by atoms with Crippen molar-refractivity contribution in [1.82, 2.24) is 4.90 Å². The fourth-order valence-electron chi connectivity index (χ4n) is 2.65. The molecule has 0 spiro atoms. The van der Waals surface area contributed by atoms with Gasteiger partial charge in [0.1, 0.15) is 6.04 Å². The van der Waals surface area contributed by atoms with Gasteiger partial charge in [0, 0.05) is 6.04 Å². The van der Waals surface area contributed by atoms with Crippen LogP contribution in [0.3, 0.4) is 0 Å². The number of aliphatic carboxylic acids is 2. The highest BCUT2D eigenvalue weighted by atomic mass is 16.4. The molecule has 0 aromatic heterocycles. The average molecular weight is 286 g/mol. The number of nitrogens with zero attached hydrogens (tertiary/aromatic N) is 1. The summed E-state index contributed by atoms with van der Waals surface area (Å²) in [5.74, 6) is -3.03. The van der Waals surface area contributed by atoms with E-state index in [0.29, 0.717) is 12.8 Å². The monoisotopic (exact) mass is 286 g/mol. The van der Waals surface area contributed by atoms with Crippen molar-refractivity contribution >= 4 is 17.8 Å².